The first kappa shape index (κ1) is 23.5. The van der Waals surface area contributed by atoms with Gasteiger partial charge in [0.25, 0.3) is 0 Å². The van der Waals surface area contributed by atoms with Gasteiger partial charge in [-0.3, -0.25) is 0 Å². The number of pyridine rings is 1. The van der Waals surface area contributed by atoms with Crippen molar-refractivity contribution in [3.8, 4) is 0 Å². The molecule has 1 aromatic carbocycles. The van der Waals surface area contributed by atoms with Crippen LogP contribution in [0.1, 0.15) is 44.7 Å². The predicted octanol–water partition coefficient (Wildman–Crippen LogP) is 5.72. The number of piperidine rings is 1. The van der Waals surface area contributed by atoms with Crippen LogP contribution in [-0.4, -0.2) is 52.1 Å². The number of ether oxygens (including phenoxy) is 1. The van der Waals surface area contributed by atoms with Gasteiger partial charge in [0.15, 0.2) is 5.82 Å². The molecule has 2 heterocycles. The molecule has 0 spiro atoms. The van der Waals surface area contributed by atoms with E-state index in [2.05, 4.69) is 31.4 Å². The van der Waals surface area contributed by atoms with Gasteiger partial charge in [0.05, 0.1) is 21.9 Å². The number of aromatic nitrogens is 1. The summed E-state index contributed by atoms with van der Waals surface area (Å²) in [6, 6.07) is 1.80. The number of carbonyl (C=O) groups excluding carboxylic acids is 1. The number of fused-ring (bicyclic) bond motifs is 1. The second-order valence-corrected chi connectivity index (χ2v) is 9.69. The molecule has 10 heteroatoms. The van der Waals surface area contributed by atoms with Gasteiger partial charge in [-0.15, -0.1) is 0 Å². The number of anilines is 1. The summed E-state index contributed by atoms with van der Waals surface area (Å²) in [5, 5.41) is 16.2. The van der Waals surface area contributed by atoms with Gasteiger partial charge in [0.2, 0.25) is 0 Å². The Morgan fingerprint density at radius 3 is 2.68 bits per heavy atom. The third kappa shape index (κ3) is 5.20. The first-order valence-corrected chi connectivity index (χ1v) is 11.1. The second kappa shape index (κ2) is 9.16. The number of amides is 1. The van der Waals surface area contributed by atoms with Crippen LogP contribution in [0.3, 0.4) is 0 Å². The zero-order chi connectivity index (χ0) is 22.9. The monoisotopic (exact) mass is 514 g/mol. The molecule has 2 N–H and O–H groups in total. The highest BCUT2D eigenvalue weighted by Crippen LogP contribution is 2.36. The standard InChI is InChI=1S/C21H25BrClFN4O3/c1-11-9-13-17(14(10-25-30)19(23)27-18(13)16(24)15(11)22)26-12-5-7-28(8-6-12)20(29)31-21(2,3)4/h9-10,12,30H,5-8H2,1-4H3,(H,26,27)/b25-10+. The molecular formula is C21H25BrClFN4O3. The Morgan fingerprint density at radius 2 is 2.10 bits per heavy atom. The third-order valence-corrected chi connectivity index (χ3v) is 6.28. The maximum atomic E-state index is 14.9. The first-order valence-electron chi connectivity index (χ1n) is 9.91. The molecule has 1 aliphatic heterocycles. The molecular weight excluding hydrogens is 491 g/mol. The molecule has 0 unspecified atom stereocenters. The van der Waals surface area contributed by atoms with E-state index < -0.39 is 11.4 Å². The molecule has 2 aromatic rings. The molecule has 0 radical (unpaired) electrons. The van der Waals surface area contributed by atoms with Crippen molar-refractivity contribution in [2.75, 3.05) is 18.4 Å². The molecule has 1 aliphatic rings. The van der Waals surface area contributed by atoms with Crippen LogP contribution in [0.15, 0.2) is 15.7 Å². The van der Waals surface area contributed by atoms with E-state index in [1.165, 1.54) is 6.21 Å². The summed E-state index contributed by atoms with van der Waals surface area (Å²) in [5.41, 5.74) is 1.17. The molecule has 0 atom stereocenters. The van der Waals surface area contributed by atoms with Crippen molar-refractivity contribution in [1.82, 2.24) is 9.88 Å². The van der Waals surface area contributed by atoms with Crippen molar-refractivity contribution < 1.29 is 19.1 Å². The number of rotatable bonds is 3. The number of likely N-dealkylation sites (tertiary alicyclic amines) is 1. The fourth-order valence-electron chi connectivity index (χ4n) is 3.52. The van der Waals surface area contributed by atoms with Crippen molar-refractivity contribution in [2.24, 2.45) is 5.16 Å². The van der Waals surface area contributed by atoms with Crippen LogP contribution < -0.4 is 5.32 Å². The van der Waals surface area contributed by atoms with Crippen LogP contribution in [0.4, 0.5) is 14.9 Å². The van der Waals surface area contributed by atoms with Crippen molar-refractivity contribution in [2.45, 2.75) is 52.2 Å². The van der Waals surface area contributed by atoms with Crippen LogP contribution >= 0.6 is 27.5 Å². The average Bonchev–Trinajstić information content (AvgIpc) is 2.69. The molecule has 1 saturated heterocycles. The number of benzene rings is 1. The van der Waals surface area contributed by atoms with Gasteiger partial charge < -0.3 is 20.2 Å². The lowest BCUT2D eigenvalue weighted by atomic mass is 10.0. The number of nitrogens with one attached hydrogen (secondary N) is 1. The summed E-state index contributed by atoms with van der Waals surface area (Å²) in [5.74, 6) is -0.507. The fraction of sp³-hybridized carbons (Fsp3) is 0.476. The van der Waals surface area contributed by atoms with E-state index in [-0.39, 0.29) is 22.8 Å². The van der Waals surface area contributed by atoms with E-state index in [0.29, 0.717) is 52.6 Å². The Morgan fingerprint density at radius 1 is 1.45 bits per heavy atom. The predicted molar refractivity (Wildman–Crippen MR) is 123 cm³/mol. The van der Waals surface area contributed by atoms with Crippen LogP contribution in [0.2, 0.25) is 5.15 Å². The number of hydrogen-bond acceptors (Lipinski definition) is 6. The quantitative estimate of drug-likeness (QED) is 0.236. The number of oxime groups is 1. The SMILES string of the molecule is Cc1cc2c(NC3CCN(C(=O)OC(C)(C)C)CC3)c(/C=N/O)c(Cl)nc2c(F)c1Br. The Balaban J connectivity index is 1.89. The highest BCUT2D eigenvalue weighted by Gasteiger charge is 2.28. The fourth-order valence-corrected chi connectivity index (χ4v) is 4.05. The van der Waals surface area contributed by atoms with E-state index in [1.807, 2.05) is 20.8 Å². The summed E-state index contributed by atoms with van der Waals surface area (Å²) in [6.45, 7) is 8.32. The molecule has 31 heavy (non-hydrogen) atoms. The Labute approximate surface area is 193 Å². The van der Waals surface area contributed by atoms with Crippen molar-refractivity contribution in [3.63, 3.8) is 0 Å². The summed E-state index contributed by atoms with van der Waals surface area (Å²) in [6.07, 6.45) is 2.17. The molecule has 7 nitrogen and oxygen atoms in total. The average molecular weight is 516 g/mol. The normalized spacial score (nSPS) is 15.6. The maximum absolute atomic E-state index is 14.9. The van der Waals surface area contributed by atoms with E-state index in [0.717, 1.165) is 0 Å². The molecule has 0 saturated carbocycles. The summed E-state index contributed by atoms with van der Waals surface area (Å²) >= 11 is 9.53. The number of carbonyl (C=O) groups is 1. The number of hydrogen-bond donors (Lipinski definition) is 2. The minimum absolute atomic E-state index is 0.00166. The van der Waals surface area contributed by atoms with Crippen LogP contribution in [-0.2, 0) is 4.74 Å². The summed E-state index contributed by atoms with van der Waals surface area (Å²) in [7, 11) is 0. The van der Waals surface area contributed by atoms with Crippen LogP contribution in [0.25, 0.3) is 10.9 Å². The van der Waals surface area contributed by atoms with Gasteiger partial charge in [-0.25, -0.2) is 14.2 Å². The topological polar surface area (TPSA) is 87.1 Å². The zero-order valence-corrected chi connectivity index (χ0v) is 20.1. The smallest absolute Gasteiger partial charge is 0.410 e. The van der Waals surface area contributed by atoms with E-state index in [1.54, 1.807) is 17.9 Å². The third-order valence-electron chi connectivity index (χ3n) is 5.02. The van der Waals surface area contributed by atoms with E-state index >= 15 is 0 Å². The van der Waals surface area contributed by atoms with Gasteiger partial charge >= 0.3 is 6.09 Å². The van der Waals surface area contributed by atoms with Gasteiger partial charge in [-0.2, -0.15) is 0 Å². The van der Waals surface area contributed by atoms with Gasteiger partial charge in [-0.05, 0) is 68.1 Å². The Bertz CT molecular complexity index is 1030. The lowest BCUT2D eigenvalue weighted by Crippen LogP contribution is -2.44. The van der Waals surface area contributed by atoms with E-state index in [9.17, 15) is 9.18 Å². The minimum atomic E-state index is -0.548. The van der Waals surface area contributed by atoms with Crippen molar-refractivity contribution in [3.05, 3.63) is 32.6 Å². The lowest BCUT2D eigenvalue weighted by Gasteiger charge is -2.34. The Hall–Kier alpha value is -2.13. The van der Waals surface area contributed by atoms with Crippen molar-refractivity contribution in [1.29, 1.82) is 0 Å². The molecule has 0 aliphatic carbocycles. The van der Waals surface area contributed by atoms with Gasteiger partial charge in [-0.1, -0.05) is 16.8 Å². The molecule has 1 fully saturated rings. The van der Waals surface area contributed by atoms with Gasteiger partial charge in [0.1, 0.15) is 16.3 Å². The number of aryl methyl sites for hydroxylation is 1. The van der Waals surface area contributed by atoms with E-state index in [4.69, 9.17) is 21.5 Å². The minimum Gasteiger partial charge on any atom is -0.444 e. The van der Waals surface area contributed by atoms with Crippen molar-refractivity contribution >= 4 is 56.4 Å². The maximum Gasteiger partial charge on any atom is 0.410 e. The molecule has 3 rings (SSSR count). The summed E-state index contributed by atoms with van der Waals surface area (Å²) < 4.78 is 20.6. The molecule has 168 valence electrons. The zero-order valence-electron chi connectivity index (χ0n) is 17.8. The second-order valence-electron chi connectivity index (χ2n) is 8.54. The summed E-state index contributed by atoms with van der Waals surface area (Å²) in [4.78, 5) is 18.2. The molecule has 0 bridgehead atoms. The Kier molecular flexibility index (Phi) is 6.95. The van der Waals surface area contributed by atoms with Crippen LogP contribution in [0, 0.1) is 12.7 Å². The lowest BCUT2D eigenvalue weighted by molar-refractivity contribution is 0.0210. The largest absolute Gasteiger partial charge is 0.444 e. The van der Waals surface area contributed by atoms with Gasteiger partial charge in [0, 0.05) is 24.5 Å². The molecule has 1 amide bonds. The number of nitrogens with zero attached hydrogens (tertiary/aromatic N) is 3. The molecule has 1 aromatic heterocycles. The highest BCUT2D eigenvalue weighted by molar-refractivity contribution is 9.10. The number of halogens is 3. The first-order chi connectivity index (χ1) is 14.5. The highest BCUT2D eigenvalue weighted by atomic mass is 79.9. The van der Waals surface area contributed by atoms with Crippen LogP contribution in [0.5, 0.6) is 0 Å².